The predicted octanol–water partition coefficient (Wildman–Crippen LogP) is 4.08. The highest BCUT2D eigenvalue weighted by Gasteiger charge is 2.26. The largest absolute Gasteiger partial charge is 0.492 e. The minimum Gasteiger partial charge on any atom is -0.492 e. The number of nitrogens with one attached hydrogen (secondary N) is 1. The lowest BCUT2D eigenvalue weighted by atomic mass is 10.1. The summed E-state index contributed by atoms with van der Waals surface area (Å²) >= 11 is 11.6. The maximum Gasteiger partial charge on any atom is 0.356 e. The molecular formula is C14H10Cl2F2N2O3. The van der Waals surface area contributed by atoms with Crippen LogP contribution < -0.4 is 10.1 Å². The van der Waals surface area contributed by atoms with Crippen molar-refractivity contribution in [2.24, 2.45) is 0 Å². The molecule has 1 aromatic carbocycles. The number of aromatic nitrogens is 1. The number of hydrogen-bond acceptors (Lipinski definition) is 4. The fraction of sp³-hybridized carbons (Fsp3) is 0.143. The first-order chi connectivity index (χ1) is 10.8. The first-order valence-electron chi connectivity index (χ1n) is 6.15. The molecule has 0 amide bonds. The number of benzene rings is 1. The van der Waals surface area contributed by atoms with Crippen molar-refractivity contribution in [2.75, 3.05) is 19.5 Å². The van der Waals surface area contributed by atoms with Crippen LogP contribution in [0, 0.1) is 11.6 Å². The molecule has 1 heterocycles. The molecule has 1 aromatic heterocycles. The zero-order valence-corrected chi connectivity index (χ0v) is 13.4. The summed E-state index contributed by atoms with van der Waals surface area (Å²) in [5.41, 5.74) is -1.74. The van der Waals surface area contributed by atoms with Crippen molar-refractivity contribution in [1.29, 1.82) is 0 Å². The number of anilines is 1. The van der Waals surface area contributed by atoms with Gasteiger partial charge >= 0.3 is 5.97 Å². The fourth-order valence-electron chi connectivity index (χ4n) is 1.99. The van der Waals surface area contributed by atoms with Crippen molar-refractivity contribution in [2.45, 2.75) is 0 Å². The molecule has 2 aromatic rings. The minimum atomic E-state index is -1.48. The number of methoxy groups -OCH3 is 1. The van der Waals surface area contributed by atoms with Gasteiger partial charge in [0.25, 0.3) is 0 Å². The van der Waals surface area contributed by atoms with Crippen molar-refractivity contribution >= 4 is 34.9 Å². The second-order valence-electron chi connectivity index (χ2n) is 4.31. The number of hydrogen-bond donors (Lipinski definition) is 2. The van der Waals surface area contributed by atoms with Gasteiger partial charge in [0, 0.05) is 12.6 Å². The summed E-state index contributed by atoms with van der Waals surface area (Å²) < 4.78 is 33.8. The number of carbonyl (C=O) groups is 1. The molecule has 0 fully saturated rings. The zero-order chi connectivity index (χ0) is 17.3. The molecule has 0 atom stereocenters. The molecule has 2 N–H and O–H groups in total. The van der Waals surface area contributed by atoms with Gasteiger partial charge in [0.1, 0.15) is 5.69 Å². The summed E-state index contributed by atoms with van der Waals surface area (Å²) in [6.07, 6.45) is 0. The number of nitrogens with zero attached hydrogens (tertiary/aromatic N) is 1. The van der Waals surface area contributed by atoms with E-state index in [0.717, 1.165) is 0 Å². The zero-order valence-electron chi connectivity index (χ0n) is 11.9. The van der Waals surface area contributed by atoms with Gasteiger partial charge in [-0.3, -0.25) is 0 Å². The van der Waals surface area contributed by atoms with Gasteiger partial charge in [0.2, 0.25) is 0 Å². The highest BCUT2D eigenvalue weighted by molar-refractivity contribution is 6.36. The van der Waals surface area contributed by atoms with Crippen LogP contribution in [0.4, 0.5) is 14.5 Å². The van der Waals surface area contributed by atoms with Crippen molar-refractivity contribution in [3.8, 4) is 17.0 Å². The Morgan fingerprint density at radius 3 is 2.48 bits per heavy atom. The lowest BCUT2D eigenvalue weighted by Crippen LogP contribution is -2.09. The van der Waals surface area contributed by atoms with Gasteiger partial charge in [-0.15, -0.1) is 0 Å². The summed E-state index contributed by atoms with van der Waals surface area (Å²) in [6, 6.07) is 2.46. The van der Waals surface area contributed by atoms with E-state index in [1.54, 1.807) is 0 Å². The lowest BCUT2D eigenvalue weighted by Gasteiger charge is -2.14. The molecule has 0 spiro atoms. The smallest absolute Gasteiger partial charge is 0.356 e. The van der Waals surface area contributed by atoms with Crippen LogP contribution in [0.1, 0.15) is 10.5 Å². The van der Waals surface area contributed by atoms with Gasteiger partial charge in [0.15, 0.2) is 23.1 Å². The Hall–Kier alpha value is -2.12. The Morgan fingerprint density at radius 1 is 1.30 bits per heavy atom. The van der Waals surface area contributed by atoms with Crippen LogP contribution in [0.25, 0.3) is 11.3 Å². The van der Waals surface area contributed by atoms with Gasteiger partial charge in [-0.1, -0.05) is 23.2 Å². The summed E-state index contributed by atoms with van der Waals surface area (Å²) in [6.45, 7) is 0. The first kappa shape index (κ1) is 17.2. The summed E-state index contributed by atoms with van der Waals surface area (Å²) in [5.74, 6) is -3.74. The third-order valence-electron chi connectivity index (χ3n) is 3.04. The number of aromatic carboxylic acids is 1. The van der Waals surface area contributed by atoms with Crippen molar-refractivity contribution < 1.29 is 23.4 Å². The molecule has 0 radical (unpaired) electrons. The summed E-state index contributed by atoms with van der Waals surface area (Å²) in [4.78, 5) is 14.8. The number of carboxylic acid groups (broad SMARTS) is 1. The van der Waals surface area contributed by atoms with E-state index in [4.69, 9.17) is 33.0 Å². The van der Waals surface area contributed by atoms with Gasteiger partial charge in [0.05, 0.1) is 22.8 Å². The molecule has 0 aliphatic heterocycles. The first-order valence-corrected chi connectivity index (χ1v) is 6.91. The van der Waals surface area contributed by atoms with Crippen LogP contribution >= 0.6 is 23.2 Å². The average molecular weight is 363 g/mol. The molecule has 23 heavy (non-hydrogen) atoms. The molecular weight excluding hydrogens is 353 g/mol. The number of halogens is 4. The summed E-state index contributed by atoms with van der Waals surface area (Å²) in [7, 11) is 2.54. The molecule has 2 rings (SSSR count). The molecule has 5 nitrogen and oxygen atoms in total. The Balaban J connectivity index is 2.84. The van der Waals surface area contributed by atoms with Crippen LogP contribution in [-0.4, -0.2) is 30.2 Å². The molecule has 0 aliphatic carbocycles. The summed E-state index contributed by atoms with van der Waals surface area (Å²) in [5, 5.41) is 11.1. The van der Waals surface area contributed by atoms with Crippen LogP contribution in [0.2, 0.25) is 10.0 Å². The number of pyridine rings is 1. The van der Waals surface area contributed by atoms with E-state index in [-0.39, 0.29) is 22.0 Å². The quantitative estimate of drug-likeness (QED) is 0.857. The van der Waals surface area contributed by atoms with E-state index in [9.17, 15) is 13.6 Å². The molecule has 0 saturated heterocycles. The fourth-order valence-corrected chi connectivity index (χ4v) is 2.51. The lowest BCUT2D eigenvalue weighted by molar-refractivity contribution is 0.0691. The Bertz CT molecular complexity index is 800. The third kappa shape index (κ3) is 2.89. The minimum absolute atomic E-state index is 0.0181. The van der Waals surface area contributed by atoms with Crippen molar-refractivity contribution in [3.63, 3.8) is 0 Å². The average Bonchev–Trinajstić information content (AvgIpc) is 2.49. The van der Waals surface area contributed by atoms with Crippen LogP contribution in [0.15, 0.2) is 12.1 Å². The SMILES string of the molecule is CNc1c(F)c(-c2ccc(Cl)c(OC)c2F)nc(C(=O)O)c1Cl. The Kier molecular flexibility index (Phi) is 4.91. The molecule has 122 valence electrons. The topological polar surface area (TPSA) is 71.5 Å². The molecule has 0 bridgehead atoms. The second kappa shape index (κ2) is 6.55. The van der Waals surface area contributed by atoms with Gasteiger partial charge in [-0.05, 0) is 12.1 Å². The standard InChI is InChI=1S/C14H10Cl2F2N2O3/c1-19-11-7(16)12(14(21)22)20-10(9(11)18)5-3-4-6(15)13(23-2)8(5)17/h3-4H,1-2H3,(H,19,20)(H,21,22). The van der Waals surface area contributed by atoms with E-state index in [1.165, 1.54) is 26.3 Å². The number of ether oxygens (including phenoxy) is 1. The number of carboxylic acids is 1. The van der Waals surface area contributed by atoms with Crippen molar-refractivity contribution in [3.05, 3.63) is 39.5 Å². The monoisotopic (exact) mass is 362 g/mol. The highest BCUT2D eigenvalue weighted by atomic mass is 35.5. The van der Waals surface area contributed by atoms with Crippen LogP contribution in [-0.2, 0) is 0 Å². The highest BCUT2D eigenvalue weighted by Crippen LogP contribution is 2.38. The second-order valence-corrected chi connectivity index (χ2v) is 5.09. The normalized spacial score (nSPS) is 10.5. The number of rotatable bonds is 4. The Morgan fingerprint density at radius 2 is 1.96 bits per heavy atom. The van der Waals surface area contributed by atoms with E-state index < -0.39 is 34.0 Å². The van der Waals surface area contributed by atoms with E-state index >= 15 is 0 Å². The van der Waals surface area contributed by atoms with E-state index in [1.807, 2.05) is 0 Å². The van der Waals surface area contributed by atoms with Crippen LogP contribution in [0.3, 0.4) is 0 Å². The molecule has 0 unspecified atom stereocenters. The maximum atomic E-state index is 14.5. The molecule has 0 aliphatic rings. The van der Waals surface area contributed by atoms with Gasteiger partial charge in [-0.25, -0.2) is 18.6 Å². The molecule has 9 heteroatoms. The molecule has 0 saturated carbocycles. The van der Waals surface area contributed by atoms with E-state index in [0.29, 0.717) is 0 Å². The Labute approximate surface area is 139 Å². The van der Waals surface area contributed by atoms with Gasteiger partial charge < -0.3 is 15.2 Å². The van der Waals surface area contributed by atoms with Gasteiger partial charge in [-0.2, -0.15) is 0 Å². The maximum absolute atomic E-state index is 14.5. The van der Waals surface area contributed by atoms with E-state index in [2.05, 4.69) is 10.3 Å². The predicted molar refractivity (Wildman–Crippen MR) is 82.7 cm³/mol. The van der Waals surface area contributed by atoms with Crippen molar-refractivity contribution in [1.82, 2.24) is 4.98 Å². The van der Waals surface area contributed by atoms with Crippen LogP contribution in [0.5, 0.6) is 5.75 Å². The third-order valence-corrected chi connectivity index (χ3v) is 3.70.